The van der Waals surface area contributed by atoms with Crippen LogP contribution in [0, 0.1) is 0 Å². The van der Waals surface area contributed by atoms with E-state index in [-0.39, 0.29) is 6.54 Å². The molecule has 80 valence electrons. The molecule has 1 heterocycles. The zero-order chi connectivity index (χ0) is 10.6. The first-order valence-corrected chi connectivity index (χ1v) is 4.58. The highest BCUT2D eigenvalue weighted by atomic mass is 19.1. The predicted octanol–water partition coefficient (Wildman–Crippen LogP) is 1.01. The van der Waals surface area contributed by atoms with Crippen molar-refractivity contribution in [3.63, 3.8) is 0 Å². The van der Waals surface area contributed by atoms with Gasteiger partial charge in [0.2, 0.25) is 0 Å². The first kappa shape index (κ1) is 11.0. The van der Waals surface area contributed by atoms with Crippen molar-refractivity contribution in [1.29, 1.82) is 0 Å². The van der Waals surface area contributed by atoms with E-state index in [9.17, 15) is 4.39 Å². The minimum Gasteiger partial charge on any atom is -0.396 e. The summed E-state index contributed by atoms with van der Waals surface area (Å²) >= 11 is 0. The van der Waals surface area contributed by atoms with Crippen molar-refractivity contribution in [3.05, 3.63) is 11.9 Å². The molecule has 0 aromatic carbocycles. The third kappa shape index (κ3) is 2.70. The van der Waals surface area contributed by atoms with Gasteiger partial charge in [-0.05, 0) is 6.92 Å². The van der Waals surface area contributed by atoms with Gasteiger partial charge in [0.1, 0.15) is 6.17 Å². The number of nitrogen functional groups attached to an aromatic ring is 1. The number of rotatable bonds is 5. The van der Waals surface area contributed by atoms with E-state index >= 15 is 0 Å². The van der Waals surface area contributed by atoms with Crippen molar-refractivity contribution >= 4 is 5.69 Å². The number of hydrogen-bond donors (Lipinski definition) is 1. The van der Waals surface area contributed by atoms with Gasteiger partial charge in [0.25, 0.3) is 0 Å². The Bertz CT molecular complexity index is 286. The topological polar surface area (TPSA) is 53.1 Å². The van der Waals surface area contributed by atoms with Crippen LogP contribution >= 0.6 is 0 Å². The van der Waals surface area contributed by atoms with Gasteiger partial charge in [0, 0.05) is 13.5 Å². The molecule has 1 aromatic heterocycles. The Morgan fingerprint density at radius 1 is 1.71 bits per heavy atom. The van der Waals surface area contributed by atoms with E-state index in [2.05, 4.69) is 5.10 Å². The lowest BCUT2D eigenvalue weighted by Crippen LogP contribution is -2.14. The first-order chi connectivity index (χ1) is 6.65. The first-order valence-electron chi connectivity index (χ1n) is 4.58. The predicted molar refractivity (Wildman–Crippen MR) is 52.8 cm³/mol. The molecule has 0 amide bonds. The lowest BCUT2D eigenvalue weighted by molar-refractivity contribution is 0.199. The molecular formula is C9H16FN3O. The van der Waals surface area contributed by atoms with Crippen molar-refractivity contribution in [1.82, 2.24) is 9.78 Å². The summed E-state index contributed by atoms with van der Waals surface area (Å²) in [5.41, 5.74) is 7.14. The average Bonchev–Trinajstić information content (AvgIpc) is 2.44. The van der Waals surface area contributed by atoms with Crippen LogP contribution in [0.5, 0.6) is 0 Å². The zero-order valence-electron chi connectivity index (χ0n) is 8.53. The summed E-state index contributed by atoms with van der Waals surface area (Å²) in [4.78, 5) is 0. The van der Waals surface area contributed by atoms with Gasteiger partial charge in [0.15, 0.2) is 0 Å². The summed E-state index contributed by atoms with van der Waals surface area (Å²) in [6, 6.07) is 0. The van der Waals surface area contributed by atoms with Gasteiger partial charge in [-0.3, -0.25) is 4.68 Å². The molecule has 0 saturated carbocycles. The number of ether oxygens (including phenoxy) is 1. The molecule has 1 unspecified atom stereocenters. The Morgan fingerprint density at radius 2 is 2.43 bits per heavy atom. The quantitative estimate of drug-likeness (QED) is 0.773. The minimum atomic E-state index is -0.921. The molecule has 5 heteroatoms. The van der Waals surface area contributed by atoms with Crippen molar-refractivity contribution in [2.45, 2.75) is 26.1 Å². The molecule has 0 fully saturated rings. The molecule has 1 aromatic rings. The van der Waals surface area contributed by atoms with Crippen molar-refractivity contribution < 1.29 is 9.13 Å². The fourth-order valence-electron chi connectivity index (χ4n) is 1.29. The summed E-state index contributed by atoms with van der Waals surface area (Å²) in [6.07, 6.45) is 1.29. The Hall–Kier alpha value is -1.10. The number of nitrogens with two attached hydrogens (primary N) is 1. The molecule has 1 atom stereocenters. The number of halogens is 1. The molecule has 0 aliphatic heterocycles. The largest absolute Gasteiger partial charge is 0.396 e. The fourth-order valence-corrected chi connectivity index (χ4v) is 1.29. The Balaban J connectivity index is 2.72. The molecule has 1 rings (SSSR count). The van der Waals surface area contributed by atoms with Gasteiger partial charge in [-0.25, -0.2) is 4.39 Å². The third-order valence-corrected chi connectivity index (χ3v) is 1.95. The second kappa shape index (κ2) is 4.95. The SMILES string of the molecule is COCCc1c(N)cnn1CC(C)F. The number of alkyl halides is 1. The molecule has 0 aliphatic rings. The minimum absolute atomic E-state index is 0.246. The maximum atomic E-state index is 12.8. The van der Waals surface area contributed by atoms with E-state index in [0.717, 1.165) is 5.69 Å². The number of methoxy groups -OCH3 is 1. The second-order valence-corrected chi connectivity index (χ2v) is 3.25. The highest BCUT2D eigenvalue weighted by Gasteiger charge is 2.10. The number of hydrogen-bond acceptors (Lipinski definition) is 3. The van der Waals surface area contributed by atoms with Gasteiger partial charge in [-0.2, -0.15) is 5.10 Å². The fraction of sp³-hybridized carbons (Fsp3) is 0.667. The third-order valence-electron chi connectivity index (χ3n) is 1.95. The van der Waals surface area contributed by atoms with Crippen LogP contribution < -0.4 is 5.73 Å². The molecule has 0 bridgehead atoms. The normalized spacial score (nSPS) is 13.1. The van der Waals surface area contributed by atoms with Gasteiger partial charge in [-0.1, -0.05) is 0 Å². The van der Waals surface area contributed by atoms with Crippen LogP contribution in [0.4, 0.5) is 10.1 Å². The van der Waals surface area contributed by atoms with Crippen LogP contribution in [0.25, 0.3) is 0 Å². The zero-order valence-corrected chi connectivity index (χ0v) is 8.53. The van der Waals surface area contributed by atoms with E-state index in [1.165, 1.54) is 6.92 Å². The van der Waals surface area contributed by atoms with E-state index in [4.69, 9.17) is 10.5 Å². The molecule has 0 saturated heterocycles. The molecule has 0 aliphatic carbocycles. The monoisotopic (exact) mass is 201 g/mol. The lowest BCUT2D eigenvalue weighted by atomic mass is 10.3. The highest BCUT2D eigenvalue weighted by Crippen LogP contribution is 2.12. The van der Waals surface area contributed by atoms with Crippen LogP contribution in [0.3, 0.4) is 0 Å². The van der Waals surface area contributed by atoms with Gasteiger partial charge < -0.3 is 10.5 Å². The number of nitrogens with zero attached hydrogens (tertiary/aromatic N) is 2. The molecular weight excluding hydrogens is 185 g/mol. The molecule has 0 spiro atoms. The summed E-state index contributed by atoms with van der Waals surface area (Å²) in [5.74, 6) is 0. The van der Waals surface area contributed by atoms with Gasteiger partial charge in [-0.15, -0.1) is 0 Å². The smallest absolute Gasteiger partial charge is 0.117 e. The summed E-state index contributed by atoms with van der Waals surface area (Å²) in [7, 11) is 1.62. The highest BCUT2D eigenvalue weighted by molar-refractivity contribution is 5.40. The van der Waals surface area contributed by atoms with Crippen LogP contribution in [-0.4, -0.2) is 29.7 Å². The summed E-state index contributed by atoms with van der Waals surface area (Å²) in [6.45, 7) is 2.31. The van der Waals surface area contributed by atoms with Crippen LogP contribution in [-0.2, 0) is 17.7 Å². The van der Waals surface area contributed by atoms with E-state index in [1.54, 1.807) is 18.0 Å². The van der Waals surface area contributed by atoms with E-state index < -0.39 is 6.17 Å². The maximum absolute atomic E-state index is 12.8. The maximum Gasteiger partial charge on any atom is 0.117 e. The van der Waals surface area contributed by atoms with E-state index in [0.29, 0.717) is 18.7 Å². The average molecular weight is 201 g/mol. The van der Waals surface area contributed by atoms with Crippen molar-refractivity contribution in [2.75, 3.05) is 19.5 Å². The molecule has 4 nitrogen and oxygen atoms in total. The van der Waals surface area contributed by atoms with Crippen LogP contribution in [0.15, 0.2) is 6.20 Å². The number of aromatic nitrogens is 2. The van der Waals surface area contributed by atoms with Gasteiger partial charge >= 0.3 is 0 Å². The van der Waals surface area contributed by atoms with Crippen LogP contribution in [0.1, 0.15) is 12.6 Å². The number of anilines is 1. The molecule has 14 heavy (non-hydrogen) atoms. The lowest BCUT2D eigenvalue weighted by Gasteiger charge is -2.08. The second-order valence-electron chi connectivity index (χ2n) is 3.25. The standard InChI is InChI=1S/C9H16FN3O/c1-7(10)6-13-9(3-4-14-2)8(11)5-12-13/h5,7H,3-4,6,11H2,1-2H3. The van der Waals surface area contributed by atoms with Crippen molar-refractivity contribution in [2.24, 2.45) is 0 Å². The summed E-state index contributed by atoms with van der Waals surface area (Å²) in [5, 5.41) is 4.00. The van der Waals surface area contributed by atoms with Gasteiger partial charge in [0.05, 0.1) is 30.7 Å². The molecule has 2 N–H and O–H groups in total. The van der Waals surface area contributed by atoms with Crippen LogP contribution in [0.2, 0.25) is 0 Å². The Labute approximate surface area is 82.8 Å². The Kier molecular flexibility index (Phi) is 3.88. The van der Waals surface area contributed by atoms with E-state index in [1.807, 2.05) is 0 Å². The summed E-state index contributed by atoms with van der Waals surface area (Å²) < 4.78 is 19.3. The molecule has 0 radical (unpaired) electrons. The Morgan fingerprint density at radius 3 is 3.00 bits per heavy atom. The van der Waals surface area contributed by atoms with Crippen molar-refractivity contribution in [3.8, 4) is 0 Å².